The number of nitrogens with one attached hydrogen (secondary N) is 1. The molecule has 124 valence electrons. The first-order valence-electron chi connectivity index (χ1n) is 8.26. The summed E-state index contributed by atoms with van der Waals surface area (Å²) in [4.78, 5) is 0. The van der Waals surface area contributed by atoms with Gasteiger partial charge in [-0.1, -0.05) is 32.0 Å². The van der Waals surface area contributed by atoms with Gasteiger partial charge in [0.05, 0.1) is 12.7 Å². The molecule has 0 saturated heterocycles. The maximum atomic E-state index is 5.89. The highest BCUT2D eigenvalue weighted by Crippen LogP contribution is 2.22. The van der Waals surface area contributed by atoms with E-state index in [2.05, 4.69) is 25.2 Å². The van der Waals surface area contributed by atoms with Gasteiger partial charge >= 0.3 is 0 Å². The molecule has 23 heavy (non-hydrogen) atoms. The van der Waals surface area contributed by atoms with Gasteiger partial charge in [0.25, 0.3) is 0 Å². The molecule has 0 atom stereocenters. The van der Waals surface area contributed by atoms with Gasteiger partial charge in [-0.15, -0.1) is 0 Å². The van der Waals surface area contributed by atoms with E-state index in [-0.39, 0.29) is 6.10 Å². The molecule has 0 fully saturated rings. The molecular weight excluding hydrogens is 286 g/mol. The largest absolute Gasteiger partial charge is 0.493 e. The Labute approximate surface area is 139 Å². The van der Waals surface area contributed by atoms with Crippen LogP contribution in [-0.2, 0) is 6.54 Å². The van der Waals surface area contributed by atoms with Crippen LogP contribution in [0, 0.1) is 5.92 Å². The van der Waals surface area contributed by atoms with Crippen molar-refractivity contribution >= 4 is 5.69 Å². The van der Waals surface area contributed by atoms with E-state index in [4.69, 9.17) is 9.47 Å². The van der Waals surface area contributed by atoms with E-state index >= 15 is 0 Å². The minimum Gasteiger partial charge on any atom is -0.493 e. The molecule has 3 nitrogen and oxygen atoms in total. The van der Waals surface area contributed by atoms with E-state index < -0.39 is 0 Å². The third-order valence-electron chi connectivity index (χ3n) is 3.25. The van der Waals surface area contributed by atoms with Crippen LogP contribution >= 0.6 is 0 Å². The standard InChI is InChI=1S/C20H27NO2/c1-15(2)14-22-20-8-6-5-7-17(20)13-21-18-9-11-19(12-10-18)23-16(3)4/h5-12,15-16,21H,13-14H2,1-4H3. The number of anilines is 1. The third kappa shape index (κ3) is 5.85. The molecule has 0 aliphatic carbocycles. The number of ether oxygens (including phenoxy) is 2. The highest BCUT2D eigenvalue weighted by molar-refractivity contribution is 5.48. The molecule has 0 aliphatic heterocycles. The zero-order chi connectivity index (χ0) is 16.7. The lowest BCUT2D eigenvalue weighted by Crippen LogP contribution is -2.08. The van der Waals surface area contributed by atoms with Gasteiger partial charge in [0.2, 0.25) is 0 Å². The molecule has 0 saturated carbocycles. The van der Waals surface area contributed by atoms with Gasteiger partial charge in [-0.05, 0) is 50.1 Å². The van der Waals surface area contributed by atoms with Crippen LogP contribution in [0.4, 0.5) is 5.69 Å². The van der Waals surface area contributed by atoms with Crippen LogP contribution in [0.15, 0.2) is 48.5 Å². The van der Waals surface area contributed by atoms with E-state index in [9.17, 15) is 0 Å². The Bertz CT molecular complexity index is 591. The van der Waals surface area contributed by atoms with Gasteiger partial charge in [0.1, 0.15) is 11.5 Å². The fourth-order valence-corrected chi connectivity index (χ4v) is 2.17. The molecule has 2 aromatic rings. The third-order valence-corrected chi connectivity index (χ3v) is 3.25. The van der Waals surface area contributed by atoms with Crippen LogP contribution in [-0.4, -0.2) is 12.7 Å². The molecule has 2 aromatic carbocycles. The Kier molecular flexibility index (Phi) is 6.33. The van der Waals surface area contributed by atoms with Crippen molar-refractivity contribution in [1.82, 2.24) is 0 Å². The van der Waals surface area contributed by atoms with Crippen molar-refractivity contribution in [3.63, 3.8) is 0 Å². The Morgan fingerprint density at radius 3 is 2.26 bits per heavy atom. The maximum absolute atomic E-state index is 5.89. The Hall–Kier alpha value is -2.16. The van der Waals surface area contributed by atoms with Crippen molar-refractivity contribution in [3.05, 3.63) is 54.1 Å². The normalized spacial score (nSPS) is 10.9. The summed E-state index contributed by atoms with van der Waals surface area (Å²) in [7, 11) is 0. The van der Waals surface area contributed by atoms with Crippen LogP contribution in [0.3, 0.4) is 0 Å². The van der Waals surface area contributed by atoms with Crippen molar-refractivity contribution in [3.8, 4) is 11.5 Å². The molecule has 2 rings (SSSR count). The van der Waals surface area contributed by atoms with Crippen LogP contribution in [0.2, 0.25) is 0 Å². The fourth-order valence-electron chi connectivity index (χ4n) is 2.17. The number of benzene rings is 2. The number of hydrogen-bond acceptors (Lipinski definition) is 3. The van der Waals surface area contributed by atoms with Gasteiger partial charge in [0.15, 0.2) is 0 Å². The highest BCUT2D eigenvalue weighted by Gasteiger charge is 2.04. The molecule has 0 aromatic heterocycles. The average Bonchev–Trinajstić information content (AvgIpc) is 2.52. The second kappa shape index (κ2) is 8.47. The predicted molar refractivity (Wildman–Crippen MR) is 96.3 cm³/mol. The van der Waals surface area contributed by atoms with Crippen molar-refractivity contribution in [2.24, 2.45) is 5.92 Å². The quantitative estimate of drug-likeness (QED) is 0.733. The Balaban J connectivity index is 1.95. The van der Waals surface area contributed by atoms with Gasteiger partial charge in [0, 0.05) is 17.8 Å². The van der Waals surface area contributed by atoms with Gasteiger partial charge in [-0.2, -0.15) is 0 Å². The summed E-state index contributed by atoms with van der Waals surface area (Å²) in [6.07, 6.45) is 0.193. The minimum atomic E-state index is 0.193. The van der Waals surface area contributed by atoms with Gasteiger partial charge in [-0.25, -0.2) is 0 Å². The highest BCUT2D eigenvalue weighted by atomic mass is 16.5. The van der Waals surface area contributed by atoms with E-state index in [1.165, 1.54) is 0 Å². The lowest BCUT2D eigenvalue weighted by molar-refractivity contribution is 0.242. The molecule has 0 aliphatic rings. The lowest BCUT2D eigenvalue weighted by atomic mass is 10.2. The zero-order valence-corrected chi connectivity index (χ0v) is 14.5. The summed E-state index contributed by atoms with van der Waals surface area (Å²) < 4.78 is 11.5. The van der Waals surface area contributed by atoms with Crippen LogP contribution in [0.5, 0.6) is 11.5 Å². The molecule has 1 N–H and O–H groups in total. The van der Waals surface area contributed by atoms with Crippen LogP contribution in [0.1, 0.15) is 33.3 Å². The summed E-state index contributed by atoms with van der Waals surface area (Å²) in [5, 5.41) is 3.43. The van der Waals surface area contributed by atoms with Crippen molar-refractivity contribution in [2.75, 3.05) is 11.9 Å². The van der Waals surface area contributed by atoms with Crippen molar-refractivity contribution < 1.29 is 9.47 Å². The predicted octanol–water partition coefficient (Wildman–Crippen LogP) is 5.12. The SMILES string of the molecule is CC(C)COc1ccccc1CNc1ccc(OC(C)C)cc1. The monoisotopic (exact) mass is 313 g/mol. The molecule has 0 amide bonds. The fraction of sp³-hybridized carbons (Fsp3) is 0.400. The summed E-state index contributed by atoms with van der Waals surface area (Å²) in [5.41, 5.74) is 2.23. The molecular formula is C20H27NO2. The summed E-state index contributed by atoms with van der Waals surface area (Å²) in [6.45, 7) is 9.83. The van der Waals surface area contributed by atoms with Crippen LogP contribution < -0.4 is 14.8 Å². The summed E-state index contributed by atoms with van der Waals surface area (Å²) >= 11 is 0. The van der Waals surface area contributed by atoms with Crippen molar-refractivity contribution in [1.29, 1.82) is 0 Å². The Morgan fingerprint density at radius 2 is 1.61 bits per heavy atom. The zero-order valence-electron chi connectivity index (χ0n) is 14.5. The molecule has 3 heteroatoms. The number of hydrogen-bond donors (Lipinski definition) is 1. The second-order valence-corrected chi connectivity index (χ2v) is 6.36. The van der Waals surface area contributed by atoms with Gasteiger partial charge in [-0.3, -0.25) is 0 Å². The average molecular weight is 313 g/mol. The smallest absolute Gasteiger partial charge is 0.124 e. The van der Waals surface area contributed by atoms with Gasteiger partial charge < -0.3 is 14.8 Å². The maximum Gasteiger partial charge on any atom is 0.124 e. The molecule has 0 spiro atoms. The van der Waals surface area contributed by atoms with Crippen molar-refractivity contribution in [2.45, 2.75) is 40.3 Å². The first-order valence-corrected chi connectivity index (χ1v) is 8.26. The lowest BCUT2D eigenvalue weighted by Gasteiger charge is -2.14. The minimum absolute atomic E-state index is 0.193. The molecule has 0 radical (unpaired) electrons. The molecule has 0 heterocycles. The first-order chi connectivity index (χ1) is 11.0. The summed E-state index contributed by atoms with van der Waals surface area (Å²) in [5.74, 6) is 2.36. The summed E-state index contributed by atoms with van der Waals surface area (Å²) in [6, 6.07) is 16.2. The van der Waals surface area contributed by atoms with E-state index in [1.54, 1.807) is 0 Å². The number of rotatable bonds is 8. The van der Waals surface area contributed by atoms with E-state index in [1.807, 2.05) is 56.3 Å². The molecule has 0 bridgehead atoms. The van der Waals surface area contributed by atoms with E-state index in [0.717, 1.165) is 35.9 Å². The van der Waals surface area contributed by atoms with Crippen LogP contribution in [0.25, 0.3) is 0 Å². The number of para-hydroxylation sites is 1. The first kappa shape index (κ1) is 17.2. The topological polar surface area (TPSA) is 30.5 Å². The second-order valence-electron chi connectivity index (χ2n) is 6.36. The molecule has 0 unspecified atom stereocenters. The van der Waals surface area contributed by atoms with E-state index in [0.29, 0.717) is 5.92 Å². The Morgan fingerprint density at radius 1 is 0.913 bits per heavy atom.